The van der Waals surface area contributed by atoms with Crippen LogP contribution in [0.25, 0.3) is 0 Å². The van der Waals surface area contributed by atoms with E-state index in [1.165, 1.54) is 0 Å². The summed E-state index contributed by atoms with van der Waals surface area (Å²) >= 11 is 0. The van der Waals surface area contributed by atoms with Crippen molar-refractivity contribution in [3.05, 3.63) is 0 Å². The first-order valence-electron chi connectivity index (χ1n) is 0. The van der Waals surface area contributed by atoms with Gasteiger partial charge in [0.15, 0.2) is 0 Å². The Bertz CT molecular complexity index is 3.25. The fraction of sp³-hybridized carbons (Fsp3) is 0. The van der Waals surface area contributed by atoms with Crippen LogP contribution in [-0.4, -0.2) is 25.2 Å². The standard InChI is InChI=1S/3BH4.Zr/h3*1H4;/q3*-1;+3. The van der Waals surface area contributed by atoms with Gasteiger partial charge in [0.25, 0.3) is 0 Å². The predicted octanol–water partition coefficient (Wildman–Crippen LogP) is -4.36. The zero-order valence-corrected chi connectivity index (χ0v) is 2.96. The smallest absolute Gasteiger partial charge is 0.0626 e. The average Bonchev–Trinajstić information content (AvgIpc) is 0. The van der Waals surface area contributed by atoms with Crippen LogP contribution in [0.5, 0.6) is 0 Å². The molecule has 0 spiro atoms. The van der Waals surface area contributed by atoms with Crippen molar-refractivity contribution in [1.82, 2.24) is 0 Å². The van der Waals surface area contributed by atoms with Crippen molar-refractivity contribution >= 4 is 25.2 Å². The van der Waals surface area contributed by atoms with Crippen molar-refractivity contribution in [3.63, 3.8) is 0 Å². The van der Waals surface area contributed by atoms with Crippen LogP contribution >= 0.6 is 0 Å². The van der Waals surface area contributed by atoms with Gasteiger partial charge < -0.3 is 0 Å². The molecule has 0 amide bonds. The molecule has 0 rings (SSSR count). The van der Waals surface area contributed by atoms with Crippen LogP contribution in [-0.2, 0) is 26.2 Å². The van der Waals surface area contributed by atoms with Gasteiger partial charge in [0, 0.05) is 0 Å². The molecule has 0 aromatic carbocycles. The molecule has 0 atom stereocenters. The molecule has 0 heterocycles. The van der Waals surface area contributed by atoms with E-state index in [2.05, 4.69) is 0 Å². The first-order valence-corrected chi connectivity index (χ1v) is 0. The van der Waals surface area contributed by atoms with Crippen LogP contribution in [0.1, 0.15) is 0 Å². The van der Waals surface area contributed by atoms with Gasteiger partial charge in [-0.2, -0.15) is 0 Å². The number of rotatable bonds is 0. The van der Waals surface area contributed by atoms with Crippen LogP contribution in [0.3, 0.4) is 0 Å². The first kappa shape index (κ1) is 72.7. The molecule has 0 saturated carbocycles. The van der Waals surface area contributed by atoms with Crippen LogP contribution in [0, 0.1) is 0 Å². The minimum absolute atomic E-state index is 0. The molecule has 0 aliphatic rings. The third kappa shape index (κ3) is 11.4. The molecule has 0 fully saturated rings. The van der Waals surface area contributed by atoms with E-state index in [-0.39, 0.29) is 51.4 Å². The molecule has 25 valence electrons. The summed E-state index contributed by atoms with van der Waals surface area (Å²) in [5.41, 5.74) is 0. The molecule has 0 aliphatic heterocycles. The fourth-order valence-electron chi connectivity index (χ4n) is 0. The molecular formula is H12B3Zr. The normalized spacial score (nSPS) is 0. The van der Waals surface area contributed by atoms with Crippen molar-refractivity contribution in [1.29, 1.82) is 0 Å². The summed E-state index contributed by atoms with van der Waals surface area (Å²) in [7, 11) is 0. The van der Waals surface area contributed by atoms with Gasteiger partial charge in [0.05, 0.1) is 0 Å². The molecular weight excluding hydrogens is 124 g/mol. The van der Waals surface area contributed by atoms with E-state index in [1.807, 2.05) is 0 Å². The summed E-state index contributed by atoms with van der Waals surface area (Å²) in [6.07, 6.45) is 0. The Hall–Kier alpha value is 1.08. The summed E-state index contributed by atoms with van der Waals surface area (Å²) in [6, 6.07) is 0. The molecule has 0 N–H and O–H groups in total. The van der Waals surface area contributed by atoms with E-state index < -0.39 is 0 Å². The second-order valence-electron chi connectivity index (χ2n) is 0. The Morgan fingerprint density at radius 1 is 0.500 bits per heavy atom. The van der Waals surface area contributed by atoms with Crippen molar-refractivity contribution in [2.75, 3.05) is 0 Å². The van der Waals surface area contributed by atoms with E-state index in [9.17, 15) is 0 Å². The van der Waals surface area contributed by atoms with Gasteiger partial charge in [-0.1, -0.05) is 25.2 Å². The Balaban J connectivity index is 0. The zero-order chi connectivity index (χ0) is 0. The monoisotopic (exact) mass is 135 g/mol. The largest absolute Gasteiger partial charge is 3.00 e. The van der Waals surface area contributed by atoms with E-state index in [0.717, 1.165) is 0 Å². The molecule has 0 aliphatic carbocycles. The second kappa shape index (κ2) is 33.2. The van der Waals surface area contributed by atoms with Crippen molar-refractivity contribution in [2.24, 2.45) is 0 Å². The minimum atomic E-state index is 0. The number of hydrogen-bond acceptors (Lipinski definition) is 0. The van der Waals surface area contributed by atoms with Gasteiger partial charge in [-0.3, -0.25) is 0 Å². The first-order chi connectivity index (χ1) is 0. The van der Waals surface area contributed by atoms with Crippen molar-refractivity contribution < 1.29 is 26.2 Å². The van der Waals surface area contributed by atoms with Crippen LogP contribution in [0.4, 0.5) is 0 Å². The minimum Gasteiger partial charge on any atom is -0.0626 e. The third-order valence-corrected chi connectivity index (χ3v) is 0. The summed E-state index contributed by atoms with van der Waals surface area (Å²) < 4.78 is 0. The van der Waals surface area contributed by atoms with Gasteiger partial charge in [-0.15, -0.1) is 0 Å². The molecule has 0 unspecified atom stereocenters. The third-order valence-electron chi connectivity index (χ3n) is 0. The summed E-state index contributed by atoms with van der Waals surface area (Å²) in [6.45, 7) is 0. The van der Waals surface area contributed by atoms with Crippen LogP contribution in [0.2, 0.25) is 0 Å². The summed E-state index contributed by atoms with van der Waals surface area (Å²) in [4.78, 5) is 0. The number of hydrogen-bond donors (Lipinski definition) is 0. The Kier molecular flexibility index (Phi) is 604. The van der Waals surface area contributed by atoms with E-state index in [1.54, 1.807) is 0 Å². The maximum absolute atomic E-state index is 0. The van der Waals surface area contributed by atoms with Gasteiger partial charge in [0.2, 0.25) is 0 Å². The van der Waals surface area contributed by atoms with E-state index >= 15 is 0 Å². The van der Waals surface area contributed by atoms with Crippen molar-refractivity contribution in [2.45, 2.75) is 0 Å². The van der Waals surface area contributed by atoms with Crippen LogP contribution in [0.15, 0.2) is 0 Å². The topological polar surface area (TPSA) is 0 Å². The Morgan fingerprint density at radius 3 is 0.500 bits per heavy atom. The molecule has 1 radical (unpaired) electrons. The zero-order valence-electron chi connectivity index (χ0n) is 0.500. The second-order valence-corrected chi connectivity index (χ2v) is 0. The predicted molar refractivity (Wildman–Crippen MR) is 34.0 cm³/mol. The Labute approximate surface area is 51.6 Å². The van der Waals surface area contributed by atoms with Crippen molar-refractivity contribution in [3.8, 4) is 0 Å². The summed E-state index contributed by atoms with van der Waals surface area (Å²) in [5, 5.41) is 0. The quantitative estimate of drug-likeness (QED) is 0.295. The SMILES string of the molecule is [BH4-].[BH4-].[BH4-].[Zr+3]. The maximum atomic E-state index is 0. The van der Waals surface area contributed by atoms with Gasteiger partial charge >= 0.3 is 26.2 Å². The molecule has 4 heteroatoms. The molecule has 0 bridgehead atoms. The molecule has 0 aromatic heterocycles. The van der Waals surface area contributed by atoms with Crippen LogP contribution < -0.4 is 0 Å². The summed E-state index contributed by atoms with van der Waals surface area (Å²) in [5.74, 6) is 0. The van der Waals surface area contributed by atoms with Gasteiger partial charge in [0.1, 0.15) is 0 Å². The van der Waals surface area contributed by atoms with E-state index in [4.69, 9.17) is 0 Å². The van der Waals surface area contributed by atoms with E-state index in [0.29, 0.717) is 0 Å². The molecule has 0 aromatic rings. The molecule has 4 heavy (non-hydrogen) atoms. The fourth-order valence-corrected chi connectivity index (χ4v) is 0. The Morgan fingerprint density at radius 2 is 0.500 bits per heavy atom. The molecule has 0 nitrogen and oxygen atoms in total. The maximum Gasteiger partial charge on any atom is 3.00 e. The van der Waals surface area contributed by atoms with Gasteiger partial charge in [-0.25, -0.2) is 0 Å². The molecule has 0 saturated heterocycles. The van der Waals surface area contributed by atoms with Gasteiger partial charge in [-0.05, 0) is 0 Å². The average molecular weight is 136 g/mol.